The summed E-state index contributed by atoms with van der Waals surface area (Å²) in [7, 11) is 0. The van der Waals surface area contributed by atoms with E-state index in [1.165, 1.54) is 19.3 Å². The Balaban J connectivity index is 1.99. The van der Waals surface area contributed by atoms with E-state index in [1.54, 1.807) is 0 Å². The zero-order valence-electron chi connectivity index (χ0n) is 13.2. The molecule has 1 saturated carbocycles. The van der Waals surface area contributed by atoms with Crippen molar-refractivity contribution in [3.63, 3.8) is 0 Å². The minimum Gasteiger partial charge on any atom is -0.396 e. The van der Waals surface area contributed by atoms with E-state index in [2.05, 4.69) is 11.4 Å². The molecule has 0 bridgehead atoms. The summed E-state index contributed by atoms with van der Waals surface area (Å²) in [6.45, 7) is 4.94. The highest BCUT2D eigenvalue weighted by Gasteiger charge is 2.31. The van der Waals surface area contributed by atoms with Crippen molar-refractivity contribution in [1.29, 1.82) is 5.26 Å². The topological polar surface area (TPSA) is 56.0 Å². The lowest BCUT2D eigenvalue weighted by Crippen LogP contribution is -2.35. The smallest absolute Gasteiger partial charge is 0.0766 e. The molecule has 0 unspecified atom stereocenters. The number of rotatable bonds is 5. The minimum absolute atomic E-state index is 0.0445. The van der Waals surface area contributed by atoms with E-state index in [4.69, 9.17) is 5.26 Å². The van der Waals surface area contributed by atoms with E-state index in [1.807, 2.05) is 38.1 Å². The maximum Gasteiger partial charge on any atom is 0.0766 e. The third-order valence-electron chi connectivity index (χ3n) is 4.80. The Morgan fingerprint density at radius 2 is 1.81 bits per heavy atom. The standard InChI is InChI=1S/C18H26N2O/c1-17(2,12-19)15-6-8-16(9-7-15)20-13-18(14-21)10-4-3-5-11-18/h6-9,20-21H,3-5,10-11,13-14H2,1-2H3. The van der Waals surface area contributed by atoms with E-state index >= 15 is 0 Å². The van der Waals surface area contributed by atoms with E-state index in [-0.39, 0.29) is 12.0 Å². The van der Waals surface area contributed by atoms with Crippen LogP contribution in [0.15, 0.2) is 24.3 Å². The van der Waals surface area contributed by atoms with Gasteiger partial charge in [0.25, 0.3) is 0 Å². The van der Waals surface area contributed by atoms with Crippen LogP contribution in [-0.2, 0) is 5.41 Å². The van der Waals surface area contributed by atoms with Crippen LogP contribution in [0, 0.1) is 16.7 Å². The second-order valence-electron chi connectivity index (χ2n) is 6.89. The number of nitrogens with one attached hydrogen (secondary N) is 1. The SMILES string of the molecule is CC(C)(C#N)c1ccc(NCC2(CO)CCCCC2)cc1. The highest BCUT2D eigenvalue weighted by atomic mass is 16.3. The Labute approximate surface area is 128 Å². The number of benzene rings is 1. The fourth-order valence-corrected chi connectivity index (χ4v) is 3.05. The molecular weight excluding hydrogens is 260 g/mol. The quantitative estimate of drug-likeness (QED) is 0.864. The second-order valence-corrected chi connectivity index (χ2v) is 6.89. The molecule has 1 aliphatic rings. The molecule has 3 heteroatoms. The molecule has 0 spiro atoms. The molecule has 3 nitrogen and oxygen atoms in total. The van der Waals surface area contributed by atoms with Gasteiger partial charge in [-0.25, -0.2) is 0 Å². The van der Waals surface area contributed by atoms with E-state index in [0.29, 0.717) is 0 Å². The van der Waals surface area contributed by atoms with Crippen LogP contribution in [0.4, 0.5) is 5.69 Å². The number of aliphatic hydroxyl groups excluding tert-OH is 1. The normalized spacial score (nSPS) is 18.0. The first-order valence-corrected chi connectivity index (χ1v) is 7.88. The highest BCUT2D eigenvalue weighted by Crippen LogP contribution is 2.36. The number of nitriles is 1. The molecule has 21 heavy (non-hydrogen) atoms. The van der Waals surface area contributed by atoms with Gasteiger partial charge in [0.2, 0.25) is 0 Å². The summed E-state index contributed by atoms with van der Waals surface area (Å²) in [6, 6.07) is 10.4. The lowest BCUT2D eigenvalue weighted by Gasteiger charge is -2.36. The molecular formula is C18H26N2O. The third-order valence-corrected chi connectivity index (χ3v) is 4.80. The van der Waals surface area contributed by atoms with Gasteiger partial charge in [0.1, 0.15) is 0 Å². The van der Waals surface area contributed by atoms with E-state index in [0.717, 1.165) is 30.6 Å². The second kappa shape index (κ2) is 6.49. The van der Waals surface area contributed by atoms with Crippen molar-refractivity contribution in [2.75, 3.05) is 18.5 Å². The third kappa shape index (κ3) is 3.77. The van der Waals surface area contributed by atoms with Gasteiger partial charge in [-0.1, -0.05) is 31.4 Å². The zero-order valence-corrected chi connectivity index (χ0v) is 13.2. The Morgan fingerprint density at radius 3 is 2.33 bits per heavy atom. The molecule has 1 aliphatic carbocycles. The van der Waals surface area contributed by atoms with Crippen molar-refractivity contribution >= 4 is 5.69 Å². The summed E-state index contributed by atoms with van der Waals surface area (Å²) in [5, 5.41) is 22.3. The van der Waals surface area contributed by atoms with Crippen LogP contribution in [0.25, 0.3) is 0 Å². The molecule has 0 aromatic heterocycles. The van der Waals surface area contributed by atoms with Crippen molar-refractivity contribution in [1.82, 2.24) is 0 Å². The number of nitrogens with zero attached hydrogens (tertiary/aromatic N) is 1. The van der Waals surface area contributed by atoms with Gasteiger partial charge in [-0.3, -0.25) is 0 Å². The lowest BCUT2D eigenvalue weighted by molar-refractivity contribution is 0.0944. The van der Waals surface area contributed by atoms with Crippen LogP contribution in [0.3, 0.4) is 0 Å². The van der Waals surface area contributed by atoms with Crippen LogP contribution < -0.4 is 5.32 Å². The predicted octanol–water partition coefficient (Wildman–Crippen LogP) is 3.84. The van der Waals surface area contributed by atoms with Crippen molar-refractivity contribution in [3.8, 4) is 6.07 Å². The Hall–Kier alpha value is -1.53. The van der Waals surface area contributed by atoms with Gasteiger partial charge in [-0.05, 0) is 44.4 Å². The van der Waals surface area contributed by atoms with Crippen LogP contribution in [0.1, 0.15) is 51.5 Å². The molecule has 0 heterocycles. The van der Waals surface area contributed by atoms with Crippen LogP contribution >= 0.6 is 0 Å². The van der Waals surface area contributed by atoms with Gasteiger partial charge in [0.15, 0.2) is 0 Å². The van der Waals surface area contributed by atoms with E-state index in [9.17, 15) is 5.11 Å². The molecule has 114 valence electrons. The molecule has 0 amide bonds. The lowest BCUT2D eigenvalue weighted by atomic mass is 9.74. The molecule has 0 atom stereocenters. The maximum atomic E-state index is 9.73. The molecule has 1 aromatic rings. The Bertz CT molecular complexity index is 493. The largest absolute Gasteiger partial charge is 0.396 e. The first-order valence-electron chi connectivity index (χ1n) is 7.88. The van der Waals surface area contributed by atoms with Crippen molar-refractivity contribution in [2.45, 2.75) is 51.4 Å². The molecule has 1 aromatic carbocycles. The number of hydrogen-bond donors (Lipinski definition) is 2. The average molecular weight is 286 g/mol. The average Bonchev–Trinajstić information content (AvgIpc) is 2.54. The van der Waals surface area contributed by atoms with E-state index < -0.39 is 5.41 Å². The maximum absolute atomic E-state index is 9.73. The monoisotopic (exact) mass is 286 g/mol. The summed E-state index contributed by atoms with van der Waals surface area (Å²) in [5.41, 5.74) is 1.69. The summed E-state index contributed by atoms with van der Waals surface area (Å²) in [6.07, 6.45) is 5.95. The van der Waals surface area contributed by atoms with Gasteiger partial charge < -0.3 is 10.4 Å². The molecule has 2 N–H and O–H groups in total. The van der Waals surface area contributed by atoms with Crippen LogP contribution in [0.5, 0.6) is 0 Å². The van der Waals surface area contributed by atoms with Crippen molar-refractivity contribution in [3.05, 3.63) is 29.8 Å². The first-order chi connectivity index (χ1) is 10.0. The van der Waals surface area contributed by atoms with Gasteiger partial charge in [0.05, 0.1) is 18.1 Å². The predicted molar refractivity (Wildman–Crippen MR) is 86.2 cm³/mol. The van der Waals surface area contributed by atoms with Gasteiger partial charge in [0, 0.05) is 17.6 Å². The zero-order chi connectivity index (χ0) is 15.3. The summed E-state index contributed by atoms with van der Waals surface area (Å²) in [4.78, 5) is 0. The highest BCUT2D eigenvalue weighted by molar-refractivity contribution is 5.47. The Kier molecular flexibility index (Phi) is 4.90. The van der Waals surface area contributed by atoms with Crippen LogP contribution in [-0.4, -0.2) is 18.3 Å². The van der Waals surface area contributed by atoms with Gasteiger partial charge >= 0.3 is 0 Å². The van der Waals surface area contributed by atoms with Crippen molar-refractivity contribution in [2.24, 2.45) is 5.41 Å². The fourth-order valence-electron chi connectivity index (χ4n) is 3.05. The number of aliphatic hydroxyl groups is 1. The number of anilines is 1. The van der Waals surface area contributed by atoms with Gasteiger partial charge in [-0.15, -0.1) is 0 Å². The molecule has 2 rings (SSSR count). The summed E-state index contributed by atoms with van der Waals surface area (Å²) >= 11 is 0. The molecule has 1 fully saturated rings. The molecule has 0 radical (unpaired) electrons. The summed E-state index contributed by atoms with van der Waals surface area (Å²) < 4.78 is 0. The summed E-state index contributed by atoms with van der Waals surface area (Å²) in [5.74, 6) is 0. The fraction of sp³-hybridized carbons (Fsp3) is 0.611. The molecule has 0 aliphatic heterocycles. The van der Waals surface area contributed by atoms with Crippen LogP contribution in [0.2, 0.25) is 0 Å². The molecule has 0 saturated heterocycles. The number of hydrogen-bond acceptors (Lipinski definition) is 3. The minimum atomic E-state index is -0.450. The Morgan fingerprint density at radius 1 is 1.19 bits per heavy atom. The first kappa shape index (κ1) is 15.9. The van der Waals surface area contributed by atoms with Crippen molar-refractivity contribution < 1.29 is 5.11 Å². The van der Waals surface area contributed by atoms with Gasteiger partial charge in [-0.2, -0.15) is 5.26 Å².